The van der Waals surface area contributed by atoms with Crippen molar-refractivity contribution in [2.45, 2.75) is 38.1 Å². The molecule has 1 aliphatic carbocycles. The Kier molecular flexibility index (Phi) is 4.83. The summed E-state index contributed by atoms with van der Waals surface area (Å²) >= 11 is 0. The van der Waals surface area contributed by atoms with Gasteiger partial charge in [0.05, 0.1) is 0 Å². The number of nitrogens with one attached hydrogen (secondary N) is 1. The Morgan fingerprint density at radius 3 is 2.40 bits per heavy atom. The lowest BCUT2D eigenvalue weighted by atomic mass is 9.90. The summed E-state index contributed by atoms with van der Waals surface area (Å²) in [6.07, 6.45) is 4.92. The van der Waals surface area contributed by atoms with Crippen molar-refractivity contribution in [3.63, 3.8) is 0 Å². The molecule has 30 heavy (non-hydrogen) atoms. The Hall–Kier alpha value is -3.40. The third-order valence-electron chi connectivity index (χ3n) is 6.17. The molecule has 2 amide bonds. The minimum absolute atomic E-state index is 0.130. The molecule has 0 radical (unpaired) electrons. The second-order valence-corrected chi connectivity index (χ2v) is 8.03. The summed E-state index contributed by atoms with van der Waals surface area (Å²) in [4.78, 5) is 28.4. The van der Waals surface area contributed by atoms with Crippen LogP contribution in [0.3, 0.4) is 0 Å². The van der Waals surface area contributed by atoms with Gasteiger partial charge in [0.1, 0.15) is 6.04 Å². The molecule has 3 aromatic rings. The van der Waals surface area contributed by atoms with Gasteiger partial charge in [0.2, 0.25) is 5.91 Å². The first-order valence-electron chi connectivity index (χ1n) is 10.6. The Balaban J connectivity index is 1.47. The standard InChI is InChI=1S/C26H24N2O2/c29-25(27-22-15-8-13-18-9-4-6-14-21(18)22)24-17-20-12-5-7-16-23(20)28(24)26(30)19-10-2-1-3-11-19/h1-3,5,7-8,10-13,15-16,24H,4,6,9,14,17H2,(H,27,29)/t24-/m1/s1. The number of fused-ring (bicyclic) bond motifs is 2. The number of hydrogen-bond donors (Lipinski definition) is 1. The van der Waals surface area contributed by atoms with E-state index in [0.29, 0.717) is 12.0 Å². The zero-order valence-corrected chi connectivity index (χ0v) is 16.8. The van der Waals surface area contributed by atoms with Gasteiger partial charge in [-0.3, -0.25) is 14.5 Å². The van der Waals surface area contributed by atoms with Crippen molar-refractivity contribution in [2.24, 2.45) is 0 Å². The van der Waals surface area contributed by atoms with Crippen LogP contribution in [0.15, 0.2) is 72.8 Å². The van der Waals surface area contributed by atoms with Gasteiger partial charge < -0.3 is 5.32 Å². The average Bonchev–Trinajstić information content (AvgIpc) is 3.19. The summed E-state index contributed by atoms with van der Waals surface area (Å²) in [6, 6.07) is 22.6. The van der Waals surface area contributed by atoms with Crippen LogP contribution in [0.2, 0.25) is 0 Å². The number of carbonyl (C=O) groups excluding carboxylic acids is 2. The number of para-hydroxylation sites is 1. The first-order valence-corrected chi connectivity index (χ1v) is 10.6. The quantitative estimate of drug-likeness (QED) is 0.693. The zero-order chi connectivity index (χ0) is 20.5. The molecular weight excluding hydrogens is 372 g/mol. The van der Waals surface area contributed by atoms with Crippen LogP contribution in [0.25, 0.3) is 0 Å². The van der Waals surface area contributed by atoms with Crippen molar-refractivity contribution in [2.75, 3.05) is 10.2 Å². The minimum Gasteiger partial charge on any atom is -0.324 e. The molecule has 2 aliphatic rings. The van der Waals surface area contributed by atoms with Crippen LogP contribution in [-0.2, 0) is 24.1 Å². The van der Waals surface area contributed by atoms with Gasteiger partial charge in [-0.05, 0) is 66.6 Å². The minimum atomic E-state index is -0.561. The van der Waals surface area contributed by atoms with Gasteiger partial charge in [-0.1, -0.05) is 48.5 Å². The Morgan fingerprint density at radius 2 is 1.53 bits per heavy atom. The number of nitrogens with zero attached hydrogens (tertiary/aromatic N) is 1. The van der Waals surface area contributed by atoms with Crippen molar-refractivity contribution in [3.8, 4) is 0 Å². The van der Waals surface area contributed by atoms with Crippen LogP contribution in [0, 0.1) is 0 Å². The third-order valence-corrected chi connectivity index (χ3v) is 6.17. The second kappa shape index (κ2) is 7.79. The summed E-state index contributed by atoms with van der Waals surface area (Å²) in [7, 11) is 0. The van der Waals surface area contributed by atoms with Gasteiger partial charge in [0.15, 0.2) is 0 Å². The van der Waals surface area contributed by atoms with Crippen LogP contribution in [-0.4, -0.2) is 17.9 Å². The molecule has 1 aliphatic heterocycles. The van der Waals surface area contributed by atoms with E-state index in [0.717, 1.165) is 36.2 Å². The fraction of sp³-hybridized carbons (Fsp3) is 0.231. The van der Waals surface area contributed by atoms with E-state index >= 15 is 0 Å². The predicted octanol–water partition coefficient (Wildman–Crippen LogP) is 4.78. The number of hydrogen-bond acceptors (Lipinski definition) is 2. The molecule has 0 fully saturated rings. The highest BCUT2D eigenvalue weighted by atomic mass is 16.2. The molecule has 5 rings (SSSR count). The van der Waals surface area contributed by atoms with E-state index in [-0.39, 0.29) is 11.8 Å². The Morgan fingerprint density at radius 1 is 0.800 bits per heavy atom. The second-order valence-electron chi connectivity index (χ2n) is 8.03. The highest BCUT2D eigenvalue weighted by molar-refractivity contribution is 6.13. The maximum absolute atomic E-state index is 13.4. The maximum atomic E-state index is 13.4. The molecule has 4 nitrogen and oxygen atoms in total. The molecule has 150 valence electrons. The van der Waals surface area contributed by atoms with Crippen molar-refractivity contribution in [1.29, 1.82) is 0 Å². The number of anilines is 2. The molecule has 1 atom stereocenters. The molecule has 0 aromatic heterocycles. The summed E-state index contributed by atoms with van der Waals surface area (Å²) < 4.78 is 0. The van der Waals surface area contributed by atoms with Crippen LogP contribution >= 0.6 is 0 Å². The Labute approximate surface area is 176 Å². The van der Waals surface area contributed by atoms with Crippen molar-refractivity contribution in [1.82, 2.24) is 0 Å². The highest BCUT2D eigenvalue weighted by Gasteiger charge is 2.38. The maximum Gasteiger partial charge on any atom is 0.259 e. The lowest BCUT2D eigenvalue weighted by Gasteiger charge is -2.26. The lowest BCUT2D eigenvalue weighted by molar-refractivity contribution is -0.117. The summed E-state index contributed by atoms with van der Waals surface area (Å²) in [6.45, 7) is 0. The fourth-order valence-corrected chi connectivity index (χ4v) is 4.68. The number of benzene rings is 3. The van der Waals surface area contributed by atoms with Crippen LogP contribution in [0.1, 0.15) is 39.9 Å². The zero-order valence-electron chi connectivity index (χ0n) is 16.8. The highest BCUT2D eigenvalue weighted by Crippen LogP contribution is 2.35. The van der Waals surface area contributed by atoms with Gasteiger partial charge in [-0.2, -0.15) is 0 Å². The molecule has 1 N–H and O–H groups in total. The van der Waals surface area contributed by atoms with Crippen molar-refractivity contribution < 1.29 is 9.59 Å². The number of carbonyl (C=O) groups is 2. The van der Waals surface area contributed by atoms with Crippen molar-refractivity contribution in [3.05, 3.63) is 95.1 Å². The van der Waals surface area contributed by atoms with Gasteiger partial charge >= 0.3 is 0 Å². The number of aryl methyl sites for hydroxylation is 1. The molecule has 0 spiro atoms. The van der Waals surface area contributed by atoms with Gasteiger partial charge in [-0.25, -0.2) is 0 Å². The van der Waals surface area contributed by atoms with Crippen molar-refractivity contribution >= 4 is 23.2 Å². The summed E-state index contributed by atoms with van der Waals surface area (Å²) in [5.74, 6) is -0.273. The first-order chi connectivity index (χ1) is 14.7. The smallest absolute Gasteiger partial charge is 0.259 e. The normalized spacial score (nSPS) is 17.2. The molecule has 0 saturated heterocycles. The third kappa shape index (κ3) is 3.28. The topological polar surface area (TPSA) is 49.4 Å². The molecular formula is C26H24N2O2. The van der Waals surface area contributed by atoms with E-state index in [1.165, 1.54) is 17.5 Å². The number of rotatable bonds is 3. The monoisotopic (exact) mass is 396 g/mol. The van der Waals surface area contributed by atoms with Crippen LogP contribution in [0.4, 0.5) is 11.4 Å². The van der Waals surface area contributed by atoms with Crippen LogP contribution < -0.4 is 10.2 Å². The van der Waals surface area contributed by atoms with Crippen LogP contribution in [0.5, 0.6) is 0 Å². The van der Waals surface area contributed by atoms with E-state index in [1.807, 2.05) is 54.6 Å². The van der Waals surface area contributed by atoms with Gasteiger partial charge in [-0.15, -0.1) is 0 Å². The average molecular weight is 396 g/mol. The molecule has 0 bridgehead atoms. The van der Waals surface area contributed by atoms with E-state index in [2.05, 4.69) is 11.4 Å². The van der Waals surface area contributed by atoms with E-state index in [9.17, 15) is 9.59 Å². The number of amides is 2. The van der Waals surface area contributed by atoms with E-state index in [4.69, 9.17) is 0 Å². The Bertz CT molecular complexity index is 1110. The molecule has 1 heterocycles. The first kappa shape index (κ1) is 18.6. The summed E-state index contributed by atoms with van der Waals surface area (Å²) in [5.41, 5.74) is 5.89. The van der Waals surface area contributed by atoms with Gasteiger partial charge in [0, 0.05) is 23.4 Å². The van der Waals surface area contributed by atoms with E-state index < -0.39 is 6.04 Å². The summed E-state index contributed by atoms with van der Waals surface area (Å²) in [5, 5.41) is 3.15. The molecule has 3 aromatic carbocycles. The molecule has 4 heteroatoms. The predicted molar refractivity (Wildman–Crippen MR) is 119 cm³/mol. The van der Waals surface area contributed by atoms with Gasteiger partial charge in [0.25, 0.3) is 5.91 Å². The largest absolute Gasteiger partial charge is 0.324 e. The fourth-order valence-electron chi connectivity index (χ4n) is 4.68. The lowest BCUT2D eigenvalue weighted by Crippen LogP contribution is -2.45. The van der Waals surface area contributed by atoms with E-state index in [1.54, 1.807) is 17.0 Å². The molecule has 0 saturated carbocycles. The SMILES string of the molecule is O=C(Nc1cccc2c1CCCC2)[C@H]1Cc2ccccc2N1C(=O)c1ccccc1. The molecule has 0 unspecified atom stereocenters.